The van der Waals surface area contributed by atoms with Crippen LogP contribution < -0.4 is 4.74 Å². The number of nitrogens with one attached hydrogen (secondary N) is 1. The van der Waals surface area contributed by atoms with Gasteiger partial charge in [0.25, 0.3) is 0 Å². The first-order valence-corrected chi connectivity index (χ1v) is 8.48. The van der Waals surface area contributed by atoms with Crippen molar-refractivity contribution in [2.75, 3.05) is 7.11 Å². The Morgan fingerprint density at radius 2 is 1.96 bits per heavy atom. The quantitative estimate of drug-likeness (QED) is 0.694. The maximum Gasteiger partial charge on any atom is 0.355 e. The summed E-state index contributed by atoms with van der Waals surface area (Å²) in [5, 5.41) is 0. The van der Waals surface area contributed by atoms with Crippen molar-refractivity contribution in [2.24, 2.45) is 0 Å². The van der Waals surface area contributed by atoms with Gasteiger partial charge in [-0.2, -0.15) is 0 Å². The van der Waals surface area contributed by atoms with Crippen molar-refractivity contribution in [3.63, 3.8) is 0 Å². The molecular weight excluding hydrogens is 328 g/mol. The molecule has 1 aromatic carbocycles. The zero-order valence-electron chi connectivity index (χ0n) is 15.2. The van der Waals surface area contributed by atoms with E-state index in [0.717, 1.165) is 33.5 Å². The lowest BCUT2D eigenvalue weighted by Crippen LogP contribution is -2.29. The smallest absolute Gasteiger partial charge is 0.355 e. The number of hydrogen-bond donors (Lipinski definition) is 1. The average molecular weight is 348 g/mol. The zero-order chi connectivity index (χ0) is 18.5. The molecular formula is C21H20N2O3. The molecule has 1 N–H and O–H groups in total. The van der Waals surface area contributed by atoms with Crippen LogP contribution >= 0.6 is 0 Å². The maximum atomic E-state index is 12.6. The predicted octanol–water partition coefficient (Wildman–Crippen LogP) is 4.47. The molecule has 132 valence electrons. The van der Waals surface area contributed by atoms with Crippen LogP contribution in [-0.4, -0.2) is 23.0 Å². The number of H-pyrrole nitrogens is 1. The minimum atomic E-state index is -0.633. The molecule has 0 radical (unpaired) electrons. The second-order valence-corrected chi connectivity index (χ2v) is 6.92. The largest absolute Gasteiger partial charge is 0.481 e. The van der Waals surface area contributed by atoms with Crippen LogP contribution in [0.5, 0.6) is 5.75 Å². The molecule has 3 aromatic rings. The van der Waals surface area contributed by atoms with E-state index in [9.17, 15) is 4.79 Å². The normalized spacial score (nSPS) is 14.2. The fourth-order valence-electron chi connectivity index (χ4n) is 3.68. The molecule has 4 rings (SSSR count). The van der Waals surface area contributed by atoms with Crippen molar-refractivity contribution in [3.05, 3.63) is 59.5 Å². The summed E-state index contributed by atoms with van der Waals surface area (Å²) in [6, 6.07) is 9.89. The minimum absolute atomic E-state index is 0.399. The van der Waals surface area contributed by atoms with Crippen molar-refractivity contribution in [1.29, 1.82) is 0 Å². The molecule has 0 saturated carbocycles. The summed E-state index contributed by atoms with van der Waals surface area (Å²) < 4.78 is 11.3. The number of esters is 1. The standard InChI is InChI=1S/C21H20N2O3/c1-12-7-5-6-8-13(12)16-17-18(23-19(16)20(24)25-4)14-9-10-22-11-15(14)26-21(17,2)3/h5-11,23H,1-4H3. The molecule has 0 amide bonds. The third kappa shape index (κ3) is 2.31. The van der Waals surface area contributed by atoms with Gasteiger partial charge in [0.15, 0.2) is 0 Å². The van der Waals surface area contributed by atoms with Gasteiger partial charge in [0.1, 0.15) is 17.0 Å². The van der Waals surface area contributed by atoms with Crippen LogP contribution in [0.4, 0.5) is 0 Å². The number of carbonyl (C=O) groups excluding carboxylic acids is 1. The number of carbonyl (C=O) groups is 1. The molecule has 1 aliphatic heterocycles. The summed E-state index contributed by atoms with van der Waals surface area (Å²) in [4.78, 5) is 20.0. The minimum Gasteiger partial charge on any atom is -0.481 e. The summed E-state index contributed by atoms with van der Waals surface area (Å²) >= 11 is 0. The number of nitrogens with zero attached hydrogens (tertiary/aromatic N) is 1. The number of aromatic nitrogens is 2. The predicted molar refractivity (Wildman–Crippen MR) is 99.2 cm³/mol. The topological polar surface area (TPSA) is 64.2 Å². The molecule has 5 heteroatoms. The Hall–Kier alpha value is -3.08. The summed E-state index contributed by atoms with van der Waals surface area (Å²) in [7, 11) is 1.39. The van der Waals surface area contributed by atoms with Crippen LogP contribution in [0.1, 0.15) is 35.5 Å². The van der Waals surface area contributed by atoms with Gasteiger partial charge in [0.2, 0.25) is 0 Å². The molecule has 0 fully saturated rings. The van der Waals surface area contributed by atoms with E-state index in [1.165, 1.54) is 7.11 Å². The molecule has 0 aliphatic carbocycles. The van der Waals surface area contributed by atoms with Crippen molar-refractivity contribution < 1.29 is 14.3 Å². The molecule has 0 unspecified atom stereocenters. The van der Waals surface area contributed by atoms with Crippen LogP contribution in [0.2, 0.25) is 0 Å². The first-order chi connectivity index (χ1) is 12.4. The van der Waals surface area contributed by atoms with E-state index in [0.29, 0.717) is 11.4 Å². The lowest BCUT2D eigenvalue weighted by Gasteiger charge is -2.33. The maximum absolute atomic E-state index is 12.6. The second-order valence-electron chi connectivity index (χ2n) is 6.92. The number of ether oxygens (including phenoxy) is 2. The van der Waals surface area contributed by atoms with Gasteiger partial charge in [0, 0.05) is 22.9 Å². The van der Waals surface area contributed by atoms with E-state index in [2.05, 4.69) is 9.97 Å². The fourth-order valence-corrected chi connectivity index (χ4v) is 3.68. The number of aryl methyl sites for hydroxylation is 1. The number of benzene rings is 1. The van der Waals surface area contributed by atoms with Crippen LogP contribution in [-0.2, 0) is 10.3 Å². The monoisotopic (exact) mass is 348 g/mol. The highest BCUT2D eigenvalue weighted by Gasteiger charge is 2.40. The lowest BCUT2D eigenvalue weighted by atomic mass is 9.85. The molecule has 3 heterocycles. The SMILES string of the molecule is COC(=O)c1[nH]c2c(c1-c1ccccc1C)C(C)(C)Oc1cnccc1-2. The Labute approximate surface area is 152 Å². The lowest BCUT2D eigenvalue weighted by molar-refractivity contribution is 0.0596. The highest BCUT2D eigenvalue weighted by Crippen LogP contribution is 2.50. The third-order valence-electron chi connectivity index (χ3n) is 4.82. The number of hydrogen-bond acceptors (Lipinski definition) is 4. The van der Waals surface area contributed by atoms with E-state index in [1.54, 1.807) is 12.4 Å². The second kappa shape index (κ2) is 5.73. The van der Waals surface area contributed by atoms with E-state index in [1.807, 2.05) is 51.1 Å². The summed E-state index contributed by atoms with van der Waals surface area (Å²) in [5.41, 5.74) is 5.41. The van der Waals surface area contributed by atoms with Crippen LogP contribution in [0.3, 0.4) is 0 Å². The van der Waals surface area contributed by atoms with Gasteiger partial charge in [-0.1, -0.05) is 24.3 Å². The van der Waals surface area contributed by atoms with E-state index in [-0.39, 0.29) is 0 Å². The Kier molecular flexibility index (Phi) is 3.61. The summed E-state index contributed by atoms with van der Waals surface area (Å²) in [5.74, 6) is 0.294. The van der Waals surface area contributed by atoms with Crippen LogP contribution in [0.25, 0.3) is 22.4 Å². The van der Waals surface area contributed by atoms with Crippen LogP contribution in [0, 0.1) is 6.92 Å². The van der Waals surface area contributed by atoms with E-state index in [4.69, 9.17) is 9.47 Å². The highest BCUT2D eigenvalue weighted by atomic mass is 16.5. The molecule has 5 nitrogen and oxygen atoms in total. The van der Waals surface area contributed by atoms with Crippen molar-refractivity contribution in [3.8, 4) is 28.1 Å². The summed E-state index contributed by atoms with van der Waals surface area (Å²) in [6.45, 7) is 6.03. The first-order valence-electron chi connectivity index (χ1n) is 8.48. The molecule has 26 heavy (non-hydrogen) atoms. The number of fused-ring (bicyclic) bond motifs is 3. The average Bonchev–Trinajstić information content (AvgIpc) is 3.03. The highest BCUT2D eigenvalue weighted by molar-refractivity contribution is 6.00. The van der Waals surface area contributed by atoms with Gasteiger partial charge in [-0.05, 0) is 38.0 Å². The molecule has 1 aliphatic rings. The van der Waals surface area contributed by atoms with Crippen molar-refractivity contribution in [1.82, 2.24) is 9.97 Å². The third-order valence-corrected chi connectivity index (χ3v) is 4.82. The van der Waals surface area contributed by atoms with E-state index >= 15 is 0 Å². The Balaban J connectivity index is 2.11. The van der Waals surface area contributed by atoms with Crippen LogP contribution in [0.15, 0.2) is 42.7 Å². The molecule has 0 atom stereocenters. The van der Waals surface area contributed by atoms with Gasteiger partial charge in [-0.15, -0.1) is 0 Å². The molecule has 0 saturated heterocycles. The van der Waals surface area contributed by atoms with Gasteiger partial charge in [0.05, 0.1) is 19.0 Å². The van der Waals surface area contributed by atoms with Crippen molar-refractivity contribution >= 4 is 5.97 Å². The zero-order valence-corrected chi connectivity index (χ0v) is 15.2. The number of methoxy groups -OCH3 is 1. The van der Waals surface area contributed by atoms with Crippen molar-refractivity contribution in [2.45, 2.75) is 26.4 Å². The Bertz CT molecular complexity index is 1020. The first kappa shape index (κ1) is 16.4. The Morgan fingerprint density at radius 1 is 1.19 bits per heavy atom. The van der Waals surface area contributed by atoms with Gasteiger partial charge < -0.3 is 14.5 Å². The summed E-state index contributed by atoms with van der Waals surface area (Å²) in [6.07, 6.45) is 3.42. The number of aromatic amines is 1. The number of rotatable bonds is 2. The fraction of sp³-hybridized carbons (Fsp3) is 0.238. The van der Waals surface area contributed by atoms with Gasteiger partial charge >= 0.3 is 5.97 Å². The van der Waals surface area contributed by atoms with Gasteiger partial charge in [-0.3, -0.25) is 4.98 Å². The van der Waals surface area contributed by atoms with E-state index < -0.39 is 11.6 Å². The molecule has 0 bridgehead atoms. The Morgan fingerprint density at radius 3 is 2.69 bits per heavy atom. The van der Waals surface area contributed by atoms with Gasteiger partial charge in [-0.25, -0.2) is 4.79 Å². The molecule has 2 aromatic heterocycles. The number of pyridine rings is 1. The molecule has 0 spiro atoms.